The highest BCUT2D eigenvalue weighted by molar-refractivity contribution is 6.08. The highest BCUT2D eigenvalue weighted by atomic mass is 16.4. The van der Waals surface area contributed by atoms with Crippen molar-refractivity contribution >= 4 is 43.4 Å². The lowest BCUT2D eigenvalue weighted by Gasteiger charge is -2.15. The predicted octanol–water partition coefficient (Wildman–Crippen LogP) is 7.07. The number of para-hydroxylation sites is 1. The molecule has 7 rings (SSSR count). The Labute approximate surface area is 205 Å². The Morgan fingerprint density at radius 3 is 2.03 bits per heavy atom. The Morgan fingerprint density at radius 1 is 0.500 bits per heavy atom. The Balaban J connectivity index is 1.57. The Hall–Kier alpha value is -4.96. The minimum absolute atomic E-state index is 0.130. The van der Waals surface area contributed by atoms with Gasteiger partial charge >= 0.3 is 5.63 Å². The molecule has 0 amide bonds. The maximum atomic E-state index is 13.8. The summed E-state index contributed by atoms with van der Waals surface area (Å²) in [4.78, 5) is 26.7. The van der Waals surface area contributed by atoms with E-state index in [9.17, 15) is 9.59 Å². The summed E-state index contributed by atoms with van der Waals surface area (Å²) in [5, 5.41) is 4.60. The molecule has 4 heteroatoms. The maximum Gasteiger partial charge on any atom is 0.344 e. The zero-order valence-electron chi connectivity index (χ0n) is 19.1. The van der Waals surface area contributed by atoms with Gasteiger partial charge in [0.2, 0.25) is 0 Å². The van der Waals surface area contributed by atoms with Crippen LogP contribution in [0.5, 0.6) is 0 Å². The summed E-state index contributed by atoms with van der Waals surface area (Å²) >= 11 is 0. The van der Waals surface area contributed by atoms with Crippen LogP contribution in [0.25, 0.3) is 60.2 Å². The molecule has 7 aromatic rings. The third-order valence-corrected chi connectivity index (χ3v) is 6.86. The van der Waals surface area contributed by atoms with Gasteiger partial charge in [-0.3, -0.25) is 9.36 Å². The summed E-state index contributed by atoms with van der Waals surface area (Å²) in [7, 11) is 0. The highest BCUT2D eigenvalue weighted by Crippen LogP contribution is 2.31. The van der Waals surface area contributed by atoms with Gasteiger partial charge in [-0.1, -0.05) is 78.9 Å². The first-order chi connectivity index (χ1) is 17.7. The van der Waals surface area contributed by atoms with Crippen molar-refractivity contribution < 1.29 is 4.42 Å². The molecule has 0 radical (unpaired) electrons. The van der Waals surface area contributed by atoms with E-state index in [1.807, 2.05) is 84.9 Å². The standard InChI is InChI=1S/C32H19NO3/c34-31-26-12-5-4-10-23(26)27-18-21(20-8-2-1-3-9-20)14-17-29(27)33(31)22-15-16-24-25-11-6-7-13-30(25)36-32(35)28(24)19-22/h1-19H. The zero-order valence-corrected chi connectivity index (χ0v) is 19.1. The predicted molar refractivity (Wildman–Crippen MR) is 146 cm³/mol. The molecule has 0 N–H and O–H groups in total. The second kappa shape index (κ2) is 7.79. The average Bonchev–Trinajstić information content (AvgIpc) is 2.94. The van der Waals surface area contributed by atoms with E-state index in [-0.39, 0.29) is 5.56 Å². The van der Waals surface area contributed by atoms with Gasteiger partial charge in [-0.05, 0) is 52.9 Å². The molecule has 0 bridgehead atoms. The van der Waals surface area contributed by atoms with E-state index in [1.165, 1.54) is 0 Å². The highest BCUT2D eigenvalue weighted by Gasteiger charge is 2.15. The van der Waals surface area contributed by atoms with Crippen molar-refractivity contribution in [3.8, 4) is 16.8 Å². The molecular formula is C32H19NO3. The summed E-state index contributed by atoms with van der Waals surface area (Å²) in [6, 6.07) is 37.0. The molecule has 0 saturated carbocycles. The fraction of sp³-hybridized carbons (Fsp3) is 0. The smallest absolute Gasteiger partial charge is 0.344 e. The largest absolute Gasteiger partial charge is 0.422 e. The van der Waals surface area contributed by atoms with Crippen LogP contribution in [0, 0.1) is 0 Å². The molecular weight excluding hydrogens is 446 g/mol. The van der Waals surface area contributed by atoms with Crippen molar-refractivity contribution in [2.75, 3.05) is 0 Å². The quantitative estimate of drug-likeness (QED) is 0.203. The fourth-order valence-electron chi connectivity index (χ4n) is 5.16. The first-order valence-electron chi connectivity index (χ1n) is 11.8. The topological polar surface area (TPSA) is 52.2 Å². The minimum atomic E-state index is -0.421. The van der Waals surface area contributed by atoms with Crippen LogP contribution in [0.3, 0.4) is 0 Å². The van der Waals surface area contributed by atoms with Crippen molar-refractivity contribution in [1.82, 2.24) is 4.57 Å². The van der Waals surface area contributed by atoms with Crippen LogP contribution in [0.2, 0.25) is 0 Å². The first kappa shape index (κ1) is 20.4. The van der Waals surface area contributed by atoms with Gasteiger partial charge in [-0.2, -0.15) is 0 Å². The van der Waals surface area contributed by atoms with Crippen LogP contribution in [0.4, 0.5) is 0 Å². The van der Waals surface area contributed by atoms with E-state index in [4.69, 9.17) is 4.42 Å². The van der Waals surface area contributed by atoms with Crippen LogP contribution >= 0.6 is 0 Å². The summed E-state index contributed by atoms with van der Waals surface area (Å²) in [6.07, 6.45) is 0. The maximum absolute atomic E-state index is 13.8. The molecule has 5 aromatic carbocycles. The van der Waals surface area contributed by atoms with E-state index >= 15 is 0 Å². The Kier molecular flexibility index (Phi) is 4.42. The summed E-state index contributed by atoms with van der Waals surface area (Å²) in [5.41, 5.74) is 3.58. The van der Waals surface area contributed by atoms with E-state index in [0.29, 0.717) is 22.0 Å². The van der Waals surface area contributed by atoms with Crippen molar-refractivity contribution in [1.29, 1.82) is 0 Å². The normalized spacial score (nSPS) is 11.6. The third kappa shape index (κ3) is 3.01. The molecule has 36 heavy (non-hydrogen) atoms. The van der Waals surface area contributed by atoms with Crippen molar-refractivity contribution in [2.45, 2.75) is 0 Å². The van der Waals surface area contributed by atoms with Gasteiger partial charge in [0, 0.05) is 21.5 Å². The summed E-state index contributed by atoms with van der Waals surface area (Å²) < 4.78 is 7.27. The number of hydrogen-bond acceptors (Lipinski definition) is 3. The van der Waals surface area contributed by atoms with Gasteiger partial charge in [0.15, 0.2) is 0 Å². The number of hydrogen-bond donors (Lipinski definition) is 0. The van der Waals surface area contributed by atoms with Crippen molar-refractivity contribution in [3.63, 3.8) is 0 Å². The van der Waals surface area contributed by atoms with E-state index < -0.39 is 5.63 Å². The molecule has 0 spiro atoms. The van der Waals surface area contributed by atoms with Crippen LogP contribution < -0.4 is 11.2 Å². The van der Waals surface area contributed by atoms with Gasteiger partial charge in [0.25, 0.3) is 5.56 Å². The minimum Gasteiger partial charge on any atom is -0.422 e. The zero-order chi connectivity index (χ0) is 24.2. The van der Waals surface area contributed by atoms with Gasteiger partial charge in [0.1, 0.15) is 5.58 Å². The number of aromatic nitrogens is 1. The van der Waals surface area contributed by atoms with Gasteiger partial charge < -0.3 is 4.42 Å². The molecule has 170 valence electrons. The van der Waals surface area contributed by atoms with Crippen LogP contribution in [0.1, 0.15) is 0 Å². The second-order valence-corrected chi connectivity index (χ2v) is 8.90. The van der Waals surface area contributed by atoms with Gasteiger partial charge in [0.05, 0.1) is 16.6 Å². The number of nitrogens with zero attached hydrogens (tertiary/aromatic N) is 1. The second-order valence-electron chi connectivity index (χ2n) is 8.90. The lowest BCUT2D eigenvalue weighted by Crippen LogP contribution is -2.19. The van der Waals surface area contributed by atoms with Crippen LogP contribution in [-0.2, 0) is 0 Å². The van der Waals surface area contributed by atoms with E-state index in [0.717, 1.165) is 38.2 Å². The molecule has 0 unspecified atom stereocenters. The third-order valence-electron chi connectivity index (χ3n) is 6.86. The van der Waals surface area contributed by atoms with Crippen LogP contribution in [0.15, 0.2) is 129 Å². The summed E-state index contributed by atoms with van der Waals surface area (Å²) in [5.74, 6) is 0. The lowest BCUT2D eigenvalue weighted by atomic mass is 9.99. The van der Waals surface area contributed by atoms with Crippen LogP contribution in [-0.4, -0.2) is 4.57 Å². The molecule has 2 heterocycles. The molecule has 4 nitrogen and oxygen atoms in total. The molecule has 0 aliphatic heterocycles. The molecule has 0 aliphatic carbocycles. The van der Waals surface area contributed by atoms with E-state index in [2.05, 4.69) is 18.2 Å². The Morgan fingerprint density at radius 2 is 1.19 bits per heavy atom. The number of benzene rings is 5. The molecule has 0 atom stereocenters. The van der Waals surface area contributed by atoms with Crippen molar-refractivity contribution in [2.24, 2.45) is 0 Å². The SMILES string of the molecule is O=c1oc2ccccc2c2ccc(-n3c(=O)c4ccccc4c4cc(-c5ccccc5)ccc43)cc12. The molecule has 0 saturated heterocycles. The van der Waals surface area contributed by atoms with Gasteiger partial charge in [-0.15, -0.1) is 0 Å². The molecule has 0 aliphatic rings. The molecule has 0 fully saturated rings. The molecule has 2 aromatic heterocycles. The number of fused-ring (bicyclic) bond motifs is 6. The summed E-state index contributed by atoms with van der Waals surface area (Å²) in [6.45, 7) is 0. The first-order valence-corrected chi connectivity index (χ1v) is 11.8. The number of rotatable bonds is 2. The fourth-order valence-corrected chi connectivity index (χ4v) is 5.16. The Bertz CT molecular complexity index is 2090. The number of pyridine rings is 1. The monoisotopic (exact) mass is 465 g/mol. The lowest BCUT2D eigenvalue weighted by molar-refractivity contribution is 0.569. The average molecular weight is 466 g/mol. The van der Waals surface area contributed by atoms with Gasteiger partial charge in [-0.25, -0.2) is 4.79 Å². The van der Waals surface area contributed by atoms with Crippen molar-refractivity contribution in [3.05, 3.63) is 136 Å². The van der Waals surface area contributed by atoms with E-state index in [1.54, 1.807) is 16.7 Å².